The molecule has 2 aliphatic heterocycles. The lowest BCUT2D eigenvalue weighted by atomic mass is 9.91. The second kappa shape index (κ2) is 11.2. The van der Waals surface area contributed by atoms with Gasteiger partial charge in [-0.05, 0) is 43.8 Å². The maximum absolute atomic E-state index is 12.6. The Kier molecular flexibility index (Phi) is 7.60. The summed E-state index contributed by atoms with van der Waals surface area (Å²) in [6.07, 6.45) is 13.6. The second-order valence-electron chi connectivity index (χ2n) is 9.96. The van der Waals surface area contributed by atoms with Crippen LogP contribution in [0.15, 0.2) is 35.8 Å². The minimum absolute atomic E-state index is 0.0167. The molecular formula is C26H35N7O3. The lowest BCUT2D eigenvalue weighted by Crippen LogP contribution is -2.51. The molecule has 2 aliphatic carbocycles. The van der Waals surface area contributed by atoms with Crippen molar-refractivity contribution < 1.29 is 14.3 Å². The van der Waals surface area contributed by atoms with Gasteiger partial charge in [0.2, 0.25) is 17.8 Å². The molecule has 192 valence electrons. The van der Waals surface area contributed by atoms with Gasteiger partial charge >= 0.3 is 0 Å². The SMILES string of the molecule is CC(=O)NC1CCC(NC(=O)CN2CCN(c3nncc(C4=CCC5=CCCOC5=C4)n3)CC2)CC1. The van der Waals surface area contributed by atoms with Gasteiger partial charge in [-0.25, -0.2) is 4.98 Å². The molecule has 2 fully saturated rings. The number of allylic oxidation sites excluding steroid dienone is 4. The van der Waals surface area contributed by atoms with Gasteiger partial charge in [-0.15, -0.1) is 5.10 Å². The Balaban J connectivity index is 1.09. The van der Waals surface area contributed by atoms with E-state index in [9.17, 15) is 9.59 Å². The Morgan fingerprint density at radius 3 is 2.56 bits per heavy atom. The fraction of sp³-hybridized carbons (Fsp3) is 0.577. The van der Waals surface area contributed by atoms with Crippen molar-refractivity contribution in [2.75, 3.05) is 44.2 Å². The summed E-state index contributed by atoms with van der Waals surface area (Å²) in [4.78, 5) is 32.9. The molecule has 0 spiro atoms. The van der Waals surface area contributed by atoms with E-state index in [0.29, 0.717) is 12.5 Å². The number of carbonyl (C=O) groups excluding carboxylic acids is 2. The van der Waals surface area contributed by atoms with Crippen LogP contribution in [0.2, 0.25) is 0 Å². The minimum Gasteiger partial charge on any atom is -0.493 e. The van der Waals surface area contributed by atoms with Crippen molar-refractivity contribution in [3.8, 4) is 0 Å². The molecule has 0 unspecified atom stereocenters. The average Bonchev–Trinajstić information content (AvgIpc) is 2.90. The van der Waals surface area contributed by atoms with E-state index < -0.39 is 0 Å². The number of fused-ring (bicyclic) bond motifs is 1. The van der Waals surface area contributed by atoms with E-state index in [2.05, 4.69) is 42.8 Å². The Hall–Kier alpha value is -3.27. The van der Waals surface area contributed by atoms with Crippen molar-refractivity contribution in [2.24, 2.45) is 0 Å². The van der Waals surface area contributed by atoms with Crippen molar-refractivity contribution >= 4 is 23.3 Å². The number of rotatable bonds is 6. The van der Waals surface area contributed by atoms with Crippen molar-refractivity contribution in [3.63, 3.8) is 0 Å². The van der Waals surface area contributed by atoms with Crippen LogP contribution in [0.3, 0.4) is 0 Å². The van der Waals surface area contributed by atoms with Gasteiger partial charge in [0.15, 0.2) is 0 Å². The zero-order chi connectivity index (χ0) is 24.9. The third kappa shape index (κ3) is 6.10. The predicted molar refractivity (Wildman–Crippen MR) is 136 cm³/mol. The van der Waals surface area contributed by atoms with Gasteiger partial charge in [0.05, 0.1) is 25.0 Å². The number of hydrogen-bond acceptors (Lipinski definition) is 8. The summed E-state index contributed by atoms with van der Waals surface area (Å²) < 4.78 is 5.81. The maximum atomic E-state index is 12.6. The summed E-state index contributed by atoms with van der Waals surface area (Å²) in [5, 5.41) is 14.6. The maximum Gasteiger partial charge on any atom is 0.245 e. The van der Waals surface area contributed by atoms with Crippen LogP contribution >= 0.6 is 0 Å². The topological polar surface area (TPSA) is 113 Å². The summed E-state index contributed by atoms with van der Waals surface area (Å²) >= 11 is 0. The number of nitrogens with one attached hydrogen (secondary N) is 2. The fourth-order valence-corrected chi connectivity index (χ4v) is 5.33. The molecule has 0 bridgehead atoms. The highest BCUT2D eigenvalue weighted by molar-refractivity contribution is 5.78. The Bertz CT molecular complexity index is 1070. The van der Waals surface area contributed by atoms with Gasteiger partial charge < -0.3 is 20.3 Å². The van der Waals surface area contributed by atoms with Gasteiger partial charge in [0, 0.05) is 57.2 Å². The highest BCUT2D eigenvalue weighted by Crippen LogP contribution is 2.31. The number of nitrogens with zero attached hydrogens (tertiary/aromatic N) is 5. The standard InChI is InChI=1S/C26H35N7O3/c1-18(34)28-21-6-8-22(9-7-21)29-25(35)17-32-10-12-33(13-11-32)26-30-23(16-27-31-26)20-5-4-19-3-2-14-36-24(19)15-20/h3,5,15-16,21-22H,2,4,6-14,17H2,1H3,(H,28,34)(H,29,35). The zero-order valence-electron chi connectivity index (χ0n) is 20.9. The molecule has 10 nitrogen and oxygen atoms in total. The van der Waals surface area contributed by atoms with E-state index in [0.717, 1.165) is 88.3 Å². The molecule has 5 rings (SSSR count). The van der Waals surface area contributed by atoms with Crippen LogP contribution in [0.5, 0.6) is 0 Å². The van der Waals surface area contributed by atoms with Crippen LogP contribution in [-0.2, 0) is 14.3 Å². The minimum atomic E-state index is 0.0167. The first-order valence-electron chi connectivity index (χ1n) is 13.0. The number of amides is 2. The van der Waals surface area contributed by atoms with Crippen molar-refractivity contribution in [3.05, 3.63) is 41.5 Å². The lowest BCUT2D eigenvalue weighted by molar-refractivity contribution is -0.123. The first-order chi connectivity index (χ1) is 17.5. The normalized spacial score (nSPS) is 24.5. The van der Waals surface area contributed by atoms with Crippen molar-refractivity contribution in [1.82, 2.24) is 30.7 Å². The molecular weight excluding hydrogens is 458 g/mol. The number of aromatic nitrogens is 3. The fourth-order valence-electron chi connectivity index (χ4n) is 5.33. The van der Waals surface area contributed by atoms with Gasteiger partial charge in [0.1, 0.15) is 5.76 Å². The molecule has 3 heterocycles. The van der Waals surface area contributed by atoms with E-state index in [1.165, 1.54) is 5.57 Å². The summed E-state index contributed by atoms with van der Waals surface area (Å²) in [7, 11) is 0. The quantitative estimate of drug-likeness (QED) is 0.614. The van der Waals surface area contributed by atoms with Gasteiger partial charge in [0.25, 0.3) is 0 Å². The molecule has 1 saturated carbocycles. The first kappa shape index (κ1) is 24.4. The number of hydrogen-bond donors (Lipinski definition) is 2. The predicted octanol–water partition coefficient (Wildman–Crippen LogP) is 1.57. The van der Waals surface area contributed by atoms with Crippen molar-refractivity contribution in [2.45, 2.75) is 57.5 Å². The van der Waals surface area contributed by atoms with E-state index >= 15 is 0 Å². The van der Waals surface area contributed by atoms with E-state index in [1.807, 2.05) is 6.08 Å². The number of anilines is 1. The van der Waals surface area contributed by atoms with Crippen LogP contribution in [0.25, 0.3) is 5.57 Å². The number of ether oxygens (including phenoxy) is 1. The molecule has 0 aromatic carbocycles. The molecule has 1 aromatic rings. The van der Waals surface area contributed by atoms with E-state index in [-0.39, 0.29) is 23.9 Å². The van der Waals surface area contributed by atoms with Crippen LogP contribution in [0, 0.1) is 0 Å². The molecule has 2 N–H and O–H groups in total. The largest absolute Gasteiger partial charge is 0.493 e. The van der Waals surface area contributed by atoms with Gasteiger partial charge in [-0.1, -0.05) is 12.2 Å². The Labute approximate surface area is 211 Å². The van der Waals surface area contributed by atoms with Crippen LogP contribution in [-0.4, -0.2) is 83.3 Å². The highest BCUT2D eigenvalue weighted by atomic mass is 16.5. The van der Waals surface area contributed by atoms with Crippen molar-refractivity contribution in [1.29, 1.82) is 0 Å². The summed E-state index contributed by atoms with van der Waals surface area (Å²) in [5.74, 6) is 1.65. The molecule has 0 atom stereocenters. The second-order valence-corrected chi connectivity index (χ2v) is 9.96. The van der Waals surface area contributed by atoms with Crippen LogP contribution in [0.1, 0.15) is 51.1 Å². The lowest BCUT2D eigenvalue weighted by Gasteiger charge is -2.35. The summed E-state index contributed by atoms with van der Waals surface area (Å²) in [6.45, 7) is 5.70. The molecule has 36 heavy (non-hydrogen) atoms. The Morgan fingerprint density at radius 1 is 1.06 bits per heavy atom. The van der Waals surface area contributed by atoms with Gasteiger partial charge in [-0.3, -0.25) is 14.5 Å². The average molecular weight is 494 g/mol. The molecule has 1 aromatic heterocycles. The number of piperazine rings is 1. The molecule has 0 radical (unpaired) electrons. The zero-order valence-corrected chi connectivity index (χ0v) is 20.9. The number of carbonyl (C=O) groups is 2. The first-order valence-corrected chi connectivity index (χ1v) is 13.0. The third-order valence-corrected chi connectivity index (χ3v) is 7.28. The smallest absolute Gasteiger partial charge is 0.245 e. The molecule has 4 aliphatic rings. The molecule has 2 amide bonds. The van der Waals surface area contributed by atoms with E-state index in [4.69, 9.17) is 9.72 Å². The summed E-state index contributed by atoms with van der Waals surface area (Å²) in [5.41, 5.74) is 3.06. The highest BCUT2D eigenvalue weighted by Gasteiger charge is 2.26. The van der Waals surface area contributed by atoms with E-state index in [1.54, 1.807) is 13.1 Å². The summed E-state index contributed by atoms with van der Waals surface area (Å²) in [6, 6.07) is 0.431. The van der Waals surface area contributed by atoms with Crippen LogP contribution < -0.4 is 15.5 Å². The van der Waals surface area contributed by atoms with Crippen LogP contribution in [0.4, 0.5) is 5.95 Å². The third-order valence-electron chi connectivity index (χ3n) is 7.28. The Morgan fingerprint density at radius 2 is 1.81 bits per heavy atom. The van der Waals surface area contributed by atoms with Gasteiger partial charge in [-0.2, -0.15) is 5.10 Å². The molecule has 1 saturated heterocycles. The molecule has 10 heteroatoms. The monoisotopic (exact) mass is 493 g/mol.